The molecule has 150 valence electrons. The van der Waals surface area contributed by atoms with Crippen LogP contribution >= 0.6 is 0 Å². The first-order chi connectivity index (χ1) is 13.6. The van der Waals surface area contributed by atoms with Crippen LogP contribution in [-0.2, 0) is 16.1 Å². The molecule has 28 heavy (non-hydrogen) atoms. The number of hydrogen-bond donors (Lipinski definition) is 1. The fourth-order valence-electron chi connectivity index (χ4n) is 4.78. The van der Waals surface area contributed by atoms with Gasteiger partial charge in [0.25, 0.3) is 0 Å². The summed E-state index contributed by atoms with van der Waals surface area (Å²) in [6, 6.07) is 10.6. The van der Waals surface area contributed by atoms with Gasteiger partial charge in [0.2, 0.25) is 11.8 Å². The number of nitrogens with zero attached hydrogens (tertiary/aromatic N) is 2. The minimum Gasteiger partial charge on any atom is -0.353 e. The summed E-state index contributed by atoms with van der Waals surface area (Å²) in [6.45, 7) is 3.69. The SMILES string of the molecule is Cc1cc2ccccc2n1CC(=O)N1CCCC(C(=O)NC2CCCCC2)C1. The van der Waals surface area contributed by atoms with Gasteiger partial charge in [-0.05, 0) is 50.1 Å². The Hall–Kier alpha value is -2.30. The molecule has 4 rings (SSSR count). The summed E-state index contributed by atoms with van der Waals surface area (Å²) in [5.41, 5.74) is 2.19. The van der Waals surface area contributed by atoms with E-state index < -0.39 is 0 Å². The van der Waals surface area contributed by atoms with Crippen molar-refractivity contribution >= 4 is 22.7 Å². The number of hydrogen-bond acceptors (Lipinski definition) is 2. The third-order valence-corrected chi connectivity index (χ3v) is 6.41. The van der Waals surface area contributed by atoms with E-state index in [0.717, 1.165) is 48.8 Å². The van der Waals surface area contributed by atoms with Crippen molar-refractivity contribution < 1.29 is 9.59 Å². The Labute approximate surface area is 167 Å². The second-order valence-corrected chi connectivity index (χ2v) is 8.45. The van der Waals surface area contributed by atoms with Crippen molar-refractivity contribution in [1.29, 1.82) is 0 Å². The van der Waals surface area contributed by atoms with Crippen LogP contribution in [0, 0.1) is 12.8 Å². The number of carbonyl (C=O) groups excluding carboxylic acids is 2. The second-order valence-electron chi connectivity index (χ2n) is 8.45. The highest BCUT2D eigenvalue weighted by Gasteiger charge is 2.30. The molecule has 2 amide bonds. The maximum Gasteiger partial charge on any atom is 0.242 e. The average Bonchev–Trinajstić information content (AvgIpc) is 3.04. The normalized spacial score (nSPS) is 21.0. The highest BCUT2D eigenvalue weighted by molar-refractivity contribution is 5.85. The quantitative estimate of drug-likeness (QED) is 0.879. The molecule has 1 aromatic carbocycles. The van der Waals surface area contributed by atoms with E-state index in [4.69, 9.17) is 0 Å². The van der Waals surface area contributed by atoms with Crippen LogP contribution in [-0.4, -0.2) is 40.4 Å². The summed E-state index contributed by atoms with van der Waals surface area (Å²) < 4.78 is 2.09. The van der Waals surface area contributed by atoms with Gasteiger partial charge >= 0.3 is 0 Å². The third kappa shape index (κ3) is 4.08. The lowest BCUT2D eigenvalue weighted by Gasteiger charge is -2.33. The Morgan fingerprint density at radius 2 is 1.86 bits per heavy atom. The zero-order chi connectivity index (χ0) is 19.5. The van der Waals surface area contributed by atoms with E-state index in [1.807, 2.05) is 24.0 Å². The lowest BCUT2D eigenvalue weighted by molar-refractivity contribution is -0.136. The molecule has 1 aliphatic heterocycles. The predicted octanol–water partition coefficient (Wildman–Crippen LogP) is 3.64. The zero-order valence-electron chi connectivity index (χ0n) is 16.8. The number of para-hydroxylation sites is 1. The van der Waals surface area contributed by atoms with Gasteiger partial charge in [-0.2, -0.15) is 0 Å². The van der Waals surface area contributed by atoms with Gasteiger partial charge in [0.05, 0.1) is 5.92 Å². The minimum atomic E-state index is -0.0675. The summed E-state index contributed by atoms with van der Waals surface area (Å²) in [7, 11) is 0. The molecule has 0 spiro atoms. The molecule has 1 atom stereocenters. The van der Waals surface area contributed by atoms with Crippen molar-refractivity contribution in [2.75, 3.05) is 13.1 Å². The molecule has 0 radical (unpaired) electrons. The van der Waals surface area contributed by atoms with Gasteiger partial charge in [-0.1, -0.05) is 37.5 Å². The van der Waals surface area contributed by atoms with Gasteiger partial charge in [0, 0.05) is 30.3 Å². The fourth-order valence-corrected chi connectivity index (χ4v) is 4.78. The van der Waals surface area contributed by atoms with Crippen LogP contribution in [0.1, 0.15) is 50.6 Å². The smallest absolute Gasteiger partial charge is 0.242 e. The van der Waals surface area contributed by atoms with Crippen LogP contribution in [0.3, 0.4) is 0 Å². The standard InChI is InChI=1S/C23H31N3O2/c1-17-14-18-8-5-6-12-21(18)26(17)16-22(27)25-13-7-9-19(15-25)23(28)24-20-10-3-2-4-11-20/h5-6,8,12,14,19-20H,2-4,7,9-11,13,15-16H2,1H3,(H,24,28). The summed E-state index contributed by atoms with van der Waals surface area (Å²) in [4.78, 5) is 27.6. The maximum atomic E-state index is 13.0. The van der Waals surface area contributed by atoms with Gasteiger partial charge in [-0.3, -0.25) is 9.59 Å². The number of aryl methyl sites for hydroxylation is 1. The summed E-state index contributed by atoms with van der Waals surface area (Å²) in [5, 5.41) is 4.41. The summed E-state index contributed by atoms with van der Waals surface area (Å²) in [6.07, 6.45) is 7.69. The Kier molecular flexibility index (Phi) is 5.69. The van der Waals surface area contributed by atoms with Crippen LogP contribution in [0.25, 0.3) is 10.9 Å². The molecule has 0 bridgehead atoms. The largest absolute Gasteiger partial charge is 0.353 e. The van der Waals surface area contributed by atoms with Gasteiger partial charge < -0.3 is 14.8 Å². The number of benzene rings is 1. The third-order valence-electron chi connectivity index (χ3n) is 6.41. The number of nitrogens with one attached hydrogen (secondary N) is 1. The van der Waals surface area contributed by atoms with E-state index in [-0.39, 0.29) is 17.7 Å². The molecule has 1 saturated carbocycles. The molecule has 2 aliphatic rings. The summed E-state index contributed by atoms with van der Waals surface area (Å²) >= 11 is 0. The van der Waals surface area contributed by atoms with Crippen molar-refractivity contribution in [3.05, 3.63) is 36.0 Å². The molecule has 2 heterocycles. The topological polar surface area (TPSA) is 54.3 Å². The highest BCUT2D eigenvalue weighted by Crippen LogP contribution is 2.23. The molecular formula is C23H31N3O2. The van der Waals surface area contributed by atoms with E-state index in [2.05, 4.69) is 28.1 Å². The van der Waals surface area contributed by atoms with Gasteiger partial charge in [0.15, 0.2) is 0 Å². The van der Waals surface area contributed by atoms with Crippen LogP contribution in [0.2, 0.25) is 0 Å². The molecule has 2 fully saturated rings. The molecular weight excluding hydrogens is 350 g/mol. The molecule has 1 N–H and O–H groups in total. The molecule has 1 saturated heterocycles. The first-order valence-corrected chi connectivity index (χ1v) is 10.7. The molecule has 1 unspecified atom stereocenters. The van der Waals surface area contributed by atoms with Crippen LogP contribution in [0.15, 0.2) is 30.3 Å². The first kappa shape index (κ1) is 19.0. The zero-order valence-corrected chi connectivity index (χ0v) is 16.8. The first-order valence-electron chi connectivity index (χ1n) is 10.7. The van der Waals surface area contributed by atoms with E-state index in [9.17, 15) is 9.59 Å². The van der Waals surface area contributed by atoms with E-state index in [1.165, 1.54) is 19.3 Å². The second kappa shape index (κ2) is 8.38. The van der Waals surface area contributed by atoms with Crippen molar-refractivity contribution in [2.45, 2.75) is 64.5 Å². The van der Waals surface area contributed by atoms with Gasteiger partial charge in [-0.15, -0.1) is 0 Å². The van der Waals surface area contributed by atoms with E-state index in [1.54, 1.807) is 0 Å². The van der Waals surface area contributed by atoms with E-state index in [0.29, 0.717) is 19.1 Å². The monoisotopic (exact) mass is 381 g/mol. The Morgan fingerprint density at radius 1 is 1.07 bits per heavy atom. The predicted molar refractivity (Wildman–Crippen MR) is 111 cm³/mol. The molecule has 2 aromatic rings. The van der Waals surface area contributed by atoms with Gasteiger partial charge in [0.1, 0.15) is 6.54 Å². The molecule has 5 nitrogen and oxygen atoms in total. The Bertz CT molecular complexity index is 851. The number of likely N-dealkylation sites (tertiary alicyclic amines) is 1. The summed E-state index contributed by atoms with van der Waals surface area (Å²) in [5.74, 6) is 0.189. The van der Waals surface area contributed by atoms with Crippen LogP contribution < -0.4 is 5.32 Å². The minimum absolute atomic E-state index is 0.0675. The van der Waals surface area contributed by atoms with Gasteiger partial charge in [-0.25, -0.2) is 0 Å². The number of piperidine rings is 1. The van der Waals surface area contributed by atoms with Crippen molar-refractivity contribution in [2.24, 2.45) is 5.92 Å². The highest BCUT2D eigenvalue weighted by atomic mass is 16.2. The number of amides is 2. The number of aromatic nitrogens is 1. The van der Waals surface area contributed by atoms with Crippen molar-refractivity contribution in [3.63, 3.8) is 0 Å². The lowest BCUT2D eigenvalue weighted by Crippen LogP contribution is -2.48. The molecule has 5 heteroatoms. The van der Waals surface area contributed by atoms with Crippen LogP contribution in [0.4, 0.5) is 0 Å². The average molecular weight is 382 g/mol. The van der Waals surface area contributed by atoms with Crippen molar-refractivity contribution in [3.8, 4) is 0 Å². The molecule has 1 aromatic heterocycles. The number of fused-ring (bicyclic) bond motifs is 1. The Balaban J connectivity index is 1.39. The fraction of sp³-hybridized carbons (Fsp3) is 0.565. The molecule has 1 aliphatic carbocycles. The number of carbonyl (C=O) groups is 2. The maximum absolute atomic E-state index is 13.0. The number of rotatable bonds is 4. The van der Waals surface area contributed by atoms with Crippen LogP contribution in [0.5, 0.6) is 0 Å². The van der Waals surface area contributed by atoms with Crippen molar-refractivity contribution in [1.82, 2.24) is 14.8 Å². The van der Waals surface area contributed by atoms with E-state index >= 15 is 0 Å². The Morgan fingerprint density at radius 3 is 2.68 bits per heavy atom. The lowest BCUT2D eigenvalue weighted by atomic mass is 9.93.